The molecule has 1 amide bonds. The fourth-order valence-corrected chi connectivity index (χ4v) is 4.07. The highest BCUT2D eigenvalue weighted by Crippen LogP contribution is 2.26. The number of amides is 1. The highest BCUT2D eigenvalue weighted by atomic mass is 32.1. The first-order chi connectivity index (χ1) is 13.0. The number of hydrazine groups is 1. The normalized spacial score (nSPS) is 24.7. The van der Waals surface area contributed by atoms with Crippen molar-refractivity contribution in [3.8, 4) is 6.07 Å². The van der Waals surface area contributed by atoms with Crippen LogP contribution in [0.15, 0.2) is 23.5 Å². The van der Waals surface area contributed by atoms with Gasteiger partial charge in [0, 0.05) is 24.7 Å². The van der Waals surface area contributed by atoms with Gasteiger partial charge in [0.1, 0.15) is 17.3 Å². The topological polar surface area (TPSA) is 105 Å². The third-order valence-electron chi connectivity index (χ3n) is 4.60. The number of hydrogen-bond donors (Lipinski definition) is 3. The Hall–Kier alpha value is -2.44. The van der Waals surface area contributed by atoms with E-state index in [9.17, 15) is 4.79 Å². The molecule has 2 aliphatic heterocycles. The number of piperidine rings is 1. The molecule has 3 unspecified atom stereocenters. The third-order valence-corrected chi connectivity index (χ3v) is 5.41. The van der Waals surface area contributed by atoms with Gasteiger partial charge in [-0.05, 0) is 45.2 Å². The van der Waals surface area contributed by atoms with E-state index in [0.717, 1.165) is 19.4 Å². The molecule has 1 fully saturated rings. The van der Waals surface area contributed by atoms with Crippen molar-refractivity contribution >= 4 is 28.7 Å². The molecule has 3 rings (SSSR count). The number of carbonyl (C=O) groups is 1. The number of aromatic nitrogens is 1. The predicted molar refractivity (Wildman–Crippen MR) is 106 cm³/mol. The maximum absolute atomic E-state index is 12.1. The molecular formula is C18H25N7OS. The molecule has 1 saturated heterocycles. The smallest absolute Gasteiger partial charge is 0.220 e. The molecule has 27 heavy (non-hydrogen) atoms. The molecule has 0 spiro atoms. The van der Waals surface area contributed by atoms with Crippen LogP contribution in [0, 0.1) is 17.2 Å². The Bertz CT molecular complexity index is 751. The summed E-state index contributed by atoms with van der Waals surface area (Å²) < 4.78 is 0. The third kappa shape index (κ3) is 5.28. The molecule has 1 aromatic heterocycles. The van der Waals surface area contributed by atoms with Crippen LogP contribution >= 0.6 is 11.3 Å². The Morgan fingerprint density at radius 2 is 2.41 bits per heavy atom. The van der Waals surface area contributed by atoms with Crippen LogP contribution in [0.4, 0.5) is 5.13 Å². The van der Waals surface area contributed by atoms with Gasteiger partial charge < -0.3 is 10.6 Å². The summed E-state index contributed by atoms with van der Waals surface area (Å²) in [5, 5.41) is 18.1. The lowest BCUT2D eigenvalue weighted by atomic mass is 9.86. The summed E-state index contributed by atoms with van der Waals surface area (Å²) in [6.07, 6.45) is 9.59. The van der Waals surface area contributed by atoms with E-state index in [0.29, 0.717) is 22.3 Å². The van der Waals surface area contributed by atoms with Crippen molar-refractivity contribution in [2.75, 3.05) is 12.0 Å². The fourth-order valence-electron chi connectivity index (χ4n) is 3.46. The van der Waals surface area contributed by atoms with Crippen LogP contribution in [0.3, 0.4) is 0 Å². The Morgan fingerprint density at radius 3 is 3.15 bits per heavy atom. The predicted octanol–water partition coefficient (Wildman–Crippen LogP) is 1.85. The van der Waals surface area contributed by atoms with E-state index < -0.39 is 0 Å². The van der Waals surface area contributed by atoms with Crippen molar-refractivity contribution in [1.82, 2.24) is 20.6 Å². The summed E-state index contributed by atoms with van der Waals surface area (Å²) in [4.78, 5) is 21.1. The summed E-state index contributed by atoms with van der Waals surface area (Å²) in [7, 11) is 0. The first-order valence-electron chi connectivity index (χ1n) is 9.19. The Kier molecular flexibility index (Phi) is 6.42. The van der Waals surface area contributed by atoms with E-state index in [1.807, 2.05) is 24.9 Å². The van der Waals surface area contributed by atoms with Crippen LogP contribution in [0.1, 0.15) is 38.0 Å². The van der Waals surface area contributed by atoms with E-state index in [4.69, 9.17) is 5.26 Å². The number of rotatable bonds is 6. The van der Waals surface area contributed by atoms with Gasteiger partial charge in [0.15, 0.2) is 0 Å². The average Bonchev–Trinajstić information content (AvgIpc) is 3.09. The zero-order valence-corrected chi connectivity index (χ0v) is 16.4. The molecule has 1 aromatic rings. The van der Waals surface area contributed by atoms with Crippen LogP contribution in [0.2, 0.25) is 0 Å². The number of carbonyl (C=O) groups excluding carboxylic acids is 1. The molecule has 0 bridgehead atoms. The van der Waals surface area contributed by atoms with Gasteiger partial charge in [-0.15, -0.1) is 0 Å². The molecule has 0 aromatic carbocycles. The first kappa shape index (κ1) is 19.3. The maximum Gasteiger partial charge on any atom is 0.220 e. The first-order valence-corrected chi connectivity index (χ1v) is 10.0. The van der Waals surface area contributed by atoms with Gasteiger partial charge >= 0.3 is 0 Å². The number of nitriles is 1. The summed E-state index contributed by atoms with van der Waals surface area (Å²) in [6, 6.07) is 2.51. The zero-order chi connectivity index (χ0) is 19.2. The number of hydrogen-bond acceptors (Lipinski definition) is 8. The van der Waals surface area contributed by atoms with Crippen molar-refractivity contribution in [2.24, 2.45) is 10.9 Å². The van der Waals surface area contributed by atoms with E-state index in [-0.39, 0.29) is 24.0 Å². The number of nitrogens with one attached hydrogen (secondary N) is 3. The molecule has 9 heteroatoms. The van der Waals surface area contributed by atoms with E-state index in [1.165, 1.54) is 11.3 Å². The highest BCUT2D eigenvalue weighted by molar-refractivity contribution is 7.16. The second-order valence-corrected chi connectivity index (χ2v) is 8.17. The van der Waals surface area contributed by atoms with Crippen LogP contribution < -0.4 is 16.1 Å². The Morgan fingerprint density at radius 1 is 1.56 bits per heavy atom. The molecule has 3 N–H and O–H groups in total. The second kappa shape index (κ2) is 8.97. The number of nitrogens with zero attached hydrogens (tertiary/aromatic N) is 4. The Balaban J connectivity index is 1.62. The monoisotopic (exact) mass is 387 g/mol. The van der Waals surface area contributed by atoms with Gasteiger partial charge in [0.2, 0.25) is 11.0 Å². The lowest BCUT2D eigenvalue weighted by molar-refractivity contribution is -0.122. The second-order valence-electron chi connectivity index (χ2n) is 7.13. The molecule has 0 saturated carbocycles. The molecule has 3 atom stereocenters. The van der Waals surface area contributed by atoms with Crippen LogP contribution in [-0.4, -0.2) is 46.9 Å². The van der Waals surface area contributed by atoms with E-state index >= 15 is 0 Å². The van der Waals surface area contributed by atoms with Gasteiger partial charge in [-0.25, -0.2) is 9.98 Å². The number of anilines is 1. The molecule has 2 aliphatic rings. The molecule has 144 valence electrons. The Labute approximate surface area is 163 Å². The van der Waals surface area contributed by atoms with E-state index in [1.54, 1.807) is 18.7 Å². The average molecular weight is 388 g/mol. The van der Waals surface area contributed by atoms with Crippen LogP contribution in [0.25, 0.3) is 0 Å². The lowest BCUT2D eigenvalue weighted by Crippen LogP contribution is -2.54. The fraction of sp³-hybridized carbons (Fsp3) is 0.556. The van der Waals surface area contributed by atoms with Gasteiger partial charge in [-0.2, -0.15) is 5.26 Å². The SMILES string of the molecule is CC(C)NC(=O)CC1CCNC(C2C=CN=CN2Nc2ncc(C#N)s2)C1. The van der Waals surface area contributed by atoms with E-state index in [2.05, 4.69) is 32.1 Å². The van der Waals surface area contributed by atoms with Gasteiger partial charge in [0.25, 0.3) is 0 Å². The summed E-state index contributed by atoms with van der Waals surface area (Å²) in [6.45, 7) is 4.85. The molecular weight excluding hydrogens is 362 g/mol. The van der Waals surface area contributed by atoms with Crippen LogP contribution in [-0.2, 0) is 4.79 Å². The zero-order valence-electron chi connectivity index (χ0n) is 15.6. The van der Waals surface area contributed by atoms with Gasteiger partial charge in [0.05, 0.1) is 12.2 Å². The maximum atomic E-state index is 12.1. The standard InChI is InChI=1S/C18H25N7OS/c1-12(2)23-17(26)8-13-3-6-21-15(7-13)16-4-5-20-11-25(16)24-18-22-10-14(9-19)27-18/h4-5,10-13,15-16,21H,3,6-8H2,1-2H3,(H,22,24)(H,23,26). The van der Waals surface area contributed by atoms with Crippen molar-refractivity contribution in [2.45, 2.75) is 51.2 Å². The largest absolute Gasteiger partial charge is 0.354 e. The van der Waals surface area contributed by atoms with Crippen molar-refractivity contribution in [3.05, 3.63) is 23.3 Å². The summed E-state index contributed by atoms with van der Waals surface area (Å²) in [5.41, 5.74) is 3.23. The van der Waals surface area contributed by atoms with Crippen molar-refractivity contribution in [3.63, 3.8) is 0 Å². The molecule has 0 aliphatic carbocycles. The number of thiazole rings is 1. The van der Waals surface area contributed by atoms with Crippen molar-refractivity contribution in [1.29, 1.82) is 5.26 Å². The van der Waals surface area contributed by atoms with Crippen LogP contribution in [0.5, 0.6) is 0 Å². The minimum absolute atomic E-state index is 0.0490. The minimum atomic E-state index is 0.0490. The molecule has 3 heterocycles. The molecule has 0 radical (unpaired) electrons. The molecule has 8 nitrogen and oxygen atoms in total. The summed E-state index contributed by atoms with van der Waals surface area (Å²) in [5.74, 6) is 0.479. The number of aliphatic imine (C=N–C) groups is 1. The van der Waals surface area contributed by atoms with Gasteiger partial charge in [-0.1, -0.05) is 11.3 Å². The van der Waals surface area contributed by atoms with Gasteiger partial charge in [-0.3, -0.25) is 15.2 Å². The highest BCUT2D eigenvalue weighted by Gasteiger charge is 2.32. The summed E-state index contributed by atoms with van der Waals surface area (Å²) >= 11 is 1.31. The minimum Gasteiger partial charge on any atom is -0.354 e. The van der Waals surface area contributed by atoms with Crippen molar-refractivity contribution < 1.29 is 4.79 Å². The lowest BCUT2D eigenvalue weighted by Gasteiger charge is -2.39. The quantitative estimate of drug-likeness (QED) is 0.688.